The molecule has 0 spiro atoms. The first-order valence-electron chi connectivity index (χ1n) is 6.90. The first kappa shape index (κ1) is 16.1. The second kappa shape index (κ2) is 6.38. The molecule has 0 fully saturated rings. The number of halogens is 2. The Hall–Kier alpha value is -2.77. The average Bonchev–Trinajstić information content (AvgIpc) is 2.63. The third kappa shape index (κ3) is 3.12. The Labute approximate surface area is 140 Å². The molecule has 0 aromatic heterocycles. The first-order chi connectivity index (χ1) is 11.5. The molecule has 24 heavy (non-hydrogen) atoms. The van der Waals surface area contributed by atoms with Crippen molar-refractivity contribution in [2.24, 2.45) is 4.99 Å². The highest BCUT2D eigenvalue weighted by Crippen LogP contribution is 2.20. The minimum absolute atomic E-state index is 0.0254. The van der Waals surface area contributed by atoms with E-state index in [1.165, 1.54) is 24.3 Å². The van der Waals surface area contributed by atoms with Crippen LogP contribution in [0.25, 0.3) is 5.70 Å². The van der Waals surface area contributed by atoms with Crippen molar-refractivity contribution in [1.29, 1.82) is 0 Å². The predicted molar refractivity (Wildman–Crippen MR) is 84.7 cm³/mol. The van der Waals surface area contributed by atoms with Crippen LogP contribution in [0.3, 0.4) is 0 Å². The van der Waals surface area contributed by atoms with Gasteiger partial charge in [-0.3, -0.25) is 15.3 Å². The smallest absolute Gasteiger partial charge is 0.257 e. The topological polar surface area (TPSA) is 79.0 Å². The van der Waals surface area contributed by atoms with E-state index in [1.54, 1.807) is 18.2 Å². The lowest BCUT2D eigenvalue weighted by Gasteiger charge is -2.19. The summed E-state index contributed by atoms with van der Waals surface area (Å²) in [5.41, 5.74) is 0.305. The molecule has 0 atom stereocenters. The Kier molecular flexibility index (Phi) is 4.28. The summed E-state index contributed by atoms with van der Waals surface area (Å²) in [7, 11) is 0. The maximum absolute atomic E-state index is 14.2. The molecular formula is C16H11ClFN3O3. The standard InChI is InChI=1S/C16H11ClFN3O3/c17-10-5-6-15-13(7-10)16(12-3-1-2-4-14(12)18)20(22)8-11(19-15)9-21(23)24/h1-7,9,22H,8H2. The van der Waals surface area contributed by atoms with E-state index in [9.17, 15) is 19.7 Å². The van der Waals surface area contributed by atoms with Gasteiger partial charge >= 0.3 is 0 Å². The monoisotopic (exact) mass is 347 g/mol. The van der Waals surface area contributed by atoms with Crippen molar-refractivity contribution in [3.63, 3.8) is 0 Å². The third-order valence-corrected chi connectivity index (χ3v) is 3.67. The molecule has 8 heteroatoms. The molecule has 0 amide bonds. The van der Waals surface area contributed by atoms with Gasteiger partial charge in [-0.15, -0.1) is 0 Å². The van der Waals surface area contributed by atoms with Gasteiger partial charge in [0.1, 0.15) is 11.5 Å². The molecule has 2 aromatic carbocycles. The zero-order valence-electron chi connectivity index (χ0n) is 12.2. The van der Waals surface area contributed by atoms with E-state index < -0.39 is 10.7 Å². The fourth-order valence-electron chi connectivity index (χ4n) is 2.49. The minimum atomic E-state index is -0.656. The van der Waals surface area contributed by atoms with Gasteiger partial charge < -0.3 is 0 Å². The largest absolute Gasteiger partial charge is 0.288 e. The molecule has 0 saturated carbocycles. The van der Waals surface area contributed by atoms with Crippen molar-refractivity contribution in [1.82, 2.24) is 5.06 Å². The fourth-order valence-corrected chi connectivity index (χ4v) is 2.66. The van der Waals surface area contributed by atoms with Crippen LogP contribution in [0.15, 0.2) is 59.4 Å². The Morgan fingerprint density at radius 1 is 1.33 bits per heavy atom. The fraction of sp³-hybridized carbons (Fsp3) is 0.0625. The second-order valence-corrected chi connectivity index (χ2v) is 5.50. The Bertz CT molecular complexity index is 975. The predicted octanol–water partition coefficient (Wildman–Crippen LogP) is 2.08. The molecule has 3 rings (SSSR count). The molecule has 0 bridgehead atoms. The van der Waals surface area contributed by atoms with Crippen LogP contribution in [-0.4, -0.2) is 21.7 Å². The zero-order valence-corrected chi connectivity index (χ0v) is 12.9. The quantitative estimate of drug-likeness (QED) is 0.666. The van der Waals surface area contributed by atoms with Gasteiger partial charge in [-0.05, 0) is 30.3 Å². The average molecular weight is 348 g/mol. The number of hydrogen-bond donors (Lipinski definition) is 1. The normalized spacial score (nSPS) is 15.7. The number of fused-ring (bicyclic) bond motifs is 1. The lowest BCUT2D eigenvalue weighted by molar-refractivity contribution is -0.403. The SMILES string of the molecule is O=[N+]([O-])C=C1CN(O)C(c2ccccc2F)=c2cc(Cl)ccc2=N1. The molecule has 1 N–H and O–H groups in total. The Morgan fingerprint density at radius 3 is 2.79 bits per heavy atom. The van der Waals surface area contributed by atoms with Gasteiger partial charge in [-0.25, -0.2) is 14.4 Å². The summed E-state index contributed by atoms with van der Waals surface area (Å²) in [6.45, 7) is -0.267. The van der Waals surface area contributed by atoms with E-state index >= 15 is 0 Å². The molecule has 0 radical (unpaired) electrons. The molecular weight excluding hydrogens is 337 g/mol. The summed E-state index contributed by atoms with van der Waals surface area (Å²) < 4.78 is 14.2. The van der Waals surface area contributed by atoms with Crippen LogP contribution in [0.5, 0.6) is 0 Å². The van der Waals surface area contributed by atoms with Gasteiger partial charge in [0.05, 0.1) is 22.5 Å². The molecule has 1 heterocycles. The number of hydroxylamine groups is 2. The number of rotatable bonds is 2. The van der Waals surface area contributed by atoms with Crippen LogP contribution >= 0.6 is 11.6 Å². The van der Waals surface area contributed by atoms with Crippen molar-refractivity contribution in [3.05, 3.63) is 91.5 Å². The van der Waals surface area contributed by atoms with E-state index in [0.717, 1.165) is 5.06 Å². The molecule has 0 unspecified atom stereocenters. The molecule has 2 aromatic rings. The highest BCUT2D eigenvalue weighted by molar-refractivity contribution is 6.30. The van der Waals surface area contributed by atoms with E-state index in [0.29, 0.717) is 21.8 Å². The molecule has 6 nitrogen and oxygen atoms in total. The highest BCUT2D eigenvalue weighted by atomic mass is 35.5. The van der Waals surface area contributed by atoms with Crippen molar-refractivity contribution in [2.45, 2.75) is 0 Å². The lowest BCUT2D eigenvalue weighted by Crippen LogP contribution is -2.32. The molecule has 1 aliphatic heterocycles. The van der Waals surface area contributed by atoms with Crippen molar-refractivity contribution in [2.75, 3.05) is 6.54 Å². The van der Waals surface area contributed by atoms with Crippen LogP contribution in [0.4, 0.5) is 4.39 Å². The Morgan fingerprint density at radius 2 is 2.08 bits per heavy atom. The van der Waals surface area contributed by atoms with E-state index in [-0.39, 0.29) is 23.5 Å². The van der Waals surface area contributed by atoms with E-state index in [4.69, 9.17) is 11.6 Å². The van der Waals surface area contributed by atoms with Crippen molar-refractivity contribution in [3.8, 4) is 0 Å². The van der Waals surface area contributed by atoms with Gasteiger partial charge in [0, 0.05) is 15.8 Å². The van der Waals surface area contributed by atoms with Crippen LogP contribution in [0.2, 0.25) is 5.02 Å². The molecule has 0 aliphatic carbocycles. The summed E-state index contributed by atoms with van der Waals surface area (Å²) in [6, 6.07) is 10.6. The van der Waals surface area contributed by atoms with Crippen molar-refractivity contribution >= 4 is 17.3 Å². The third-order valence-electron chi connectivity index (χ3n) is 3.43. The number of benzene rings is 2. The van der Waals surface area contributed by atoms with Gasteiger partial charge in [-0.1, -0.05) is 23.7 Å². The van der Waals surface area contributed by atoms with E-state index in [1.807, 2.05) is 0 Å². The second-order valence-electron chi connectivity index (χ2n) is 5.07. The maximum Gasteiger partial charge on any atom is 0.257 e. The molecule has 122 valence electrons. The summed E-state index contributed by atoms with van der Waals surface area (Å²) in [6.07, 6.45) is 0.700. The van der Waals surface area contributed by atoms with Crippen LogP contribution in [0.1, 0.15) is 5.56 Å². The van der Waals surface area contributed by atoms with Crippen LogP contribution in [0, 0.1) is 15.9 Å². The maximum atomic E-state index is 14.2. The minimum Gasteiger partial charge on any atom is -0.288 e. The summed E-state index contributed by atoms with van der Waals surface area (Å²) in [5, 5.41) is 23.0. The van der Waals surface area contributed by atoms with Crippen LogP contribution in [-0.2, 0) is 0 Å². The first-order valence-corrected chi connectivity index (χ1v) is 7.27. The zero-order chi connectivity index (χ0) is 17.3. The van der Waals surface area contributed by atoms with Crippen molar-refractivity contribution < 1.29 is 14.5 Å². The van der Waals surface area contributed by atoms with Crippen LogP contribution < -0.4 is 10.6 Å². The van der Waals surface area contributed by atoms with Gasteiger partial charge in [0.2, 0.25) is 0 Å². The number of nitrogens with zero attached hydrogens (tertiary/aromatic N) is 3. The lowest BCUT2D eigenvalue weighted by atomic mass is 10.1. The summed E-state index contributed by atoms with van der Waals surface area (Å²) in [5.74, 6) is -0.542. The number of hydrogen-bond acceptors (Lipinski definition) is 5. The summed E-state index contributed by atoms with van der Waals surface area (Å²) >= 11 is 6.02. The highest BCUT2D eigenvalue weighted by Gasteiger charge is 2.20. The molecule has 1 aliphatic rings. The summed E-state index contributed by atoms with van der Waals surface area (Å²) in [4.78, 5) is 14.3. The Balaban J connectivity index is 2.40. The van der Waals surface area contributed by atoms with Gasteiger partial charge in [-0.2, -0.15) is 0 Å². The van der Waals surface area contributed by atoms with Gasteiger partial charge in [0.25, 0.3) is 6.20 Å². The van der Waals surface area contributed by atoms with Gasteiger partial charge in [0.15, 0.2) is 0 Å². The van der Waals surface area contributed by atoms with E-state index in [2.05, 4.69) is 4.99 Å². The molecule has 0 saturated heterocycles. The number of nitro groups is 1.